The highest BCUT2D eigenvalue weighted by molar-refractivity contribution is 5.48. The van der Waals surface area contributed by atoms with Crippen LogP contribution in [0.2, 0.25) is 0 Å². The van der Waals surface area contributed by atoms with Gasteiger partial charge in [0.25, 0.3) is 0 Å². The van der Waals surface area contributed by atoms with E-state index < -0.39 is 11.6 Å². The zero-order valence-electron chi connectivity index (χ0n) is 12.3. The number of hydrogen-bond acceptors (Lipinski definition) is 3. The summed E-state index contributed by atoms with van der Waals surface area (Å²) in [6, 6.07) is 3.81. The van der Waals surface area contributed by atoms with E-state index in [9.17, 15) is 8.78 Å². The lowest BCUT2D eigenvalue weighted by molar-refractivity contribution is 0.219. The number of benzene rings is 1. The molecule has 1 aliphatic heterocycles. The van der Waals surface area contributed by atoms with Gasteiger partial charge in [-0.1, -0.05) is 6.92 Å². The second-order valence-corrected chi connectivity index (χ2v) is 5.32. The van der Waals surface area contributed by atoms with Crippen molar-refractivity contribution in [2.75, 3.05) is 57.8 Å². The Hall–Kier alpha value is -1.20. The third-order valence-corrected chi connectivity index (χ3v) is 3.96. The minimum Gasteiger partial charge on any atom is -0.367 e. The number of anilines is 1. The van der Waals surface area contributed by atoms with E-state index in [-0.39, 0.29) is 0 Å². The molecule has 0 N–H and O–H groups in total. The molecule has 0 amide bonds. The van der Waals surface area contributed by atoms with E-state index in [1.54, 1.807) is 0 Å². The fourth-order valence-electron chi connectivity index (χ4n) is 2.42. The van der Waals surface area contributed by atoms with Crippen molar-refractivity contribution in [3.63, 3.8) is 0 Å². The van der Waals surface area contributed by atoms with Gasteiger partial charge < -0.3 is 9.80 Å². The van der Waals surface area contributed by atoms with Crippen LogP contribution >= 0.6 is 0 Å². The van der Waals surface area contributed by atoms with Gasteiger partial charge in [-0.3, -0.25) is 4.90 Å². The zero-order chi connectivity index (χ0) is 14.5. The second kappa shape index (κ2) is 6.99. The van der Waals surface area contributed by atoms with Gasteiger partial charge in [0.15, 0.2) is 0 Å². The molecule has 0 aliphatic carbocycles. The number of piperazine rings is 1. The third-order valence-electron chi connectivity index (χ3n) is 3.96. The molecule has 5 heteroatoms. The van der Waals surface area contributed by atoms with Crippen molar-refractivity contribution >= 4 is 5.69 Å². The summed E-state index contributed by atoms with van der Waals surface area (Å²) in [4.78, 5) is 6.67. The molecule has 1 saturated heterocycles. The van der Waals surface area contributed by atoms with Gasteiger partial charge in [0, 0.05) is 45.3 Å². The highest BCUT2D eigenvalue weighted by Gasteiger charge is 2.19. The summed E-state index contributed by atoms with van der Waals surface area (Å²) in [5.74, 6) is -0.989. The first-order valence-electron chi connectivity index (χ1n) is 7.21. The Kier molecular flexibility index (Phi) is 5.31. The van der Waals surface area contributed by atoms with E-state index in [4.69, 9.17) is 0 Å². The summed E-state index contributed by atoms with van der Waals surface area (Å²) in [6.07, 6.45) is 0. The van der Waals surface area contributed by atoms with Gasteiger partial charge in [0.1, 0.15) is 11.6 Å². The van der Waals surface area contributed by atoms with Gasteiger partial charge in [-0.25, -0.2) is 8.78 Å². The minimum absolute atomic E-state index is 0.468. The molecule has 0 aromatic heterocycles. The van der Waals surface area contributed by atoms with Crippen LogP contribution in [0.15, 0.2) is 18.2 Å². The van der Waals surface area contributed by atoms with Gasteiger partial charge in [-0.05, 0) is 25.7 Å². The molecule has 0 radical (unpaired) electrons. The number of hydrogen-bond donors (Lipinski definition) is 0. The Bertz CT molecular complexity index is 431. The molecule has 0 unspecified atom stereocenters. The third kappa shape index (κ3) is 3.90. The van der Waals surface area contributed by atoms with Crippen LogP contribution in [0.25, 0.3) is 0 Å². The SMILES string of the molecule is CCN(C)CCN1CCN(c2ccc(F)cc2F)CC1. The first kappa shape index (κ1) is 15.2. The number of nitrogens with zero attached hydrogens (tertiary/aromatic N) is 3. The Morgan fingerprint density at radius 3 is 2.45 bits per heavy atom. The lowest BCUT2D eigenvalue weighted by Crippen LogP contribution is -2.48. The zero-order valence-corrected chi connectivity index (χ0v) is 12.3. The summed E-state index contributed by atoms with van der Waals surface area (Å²) >= 11 is 0. The predicted molar refractivity (Wildman–Crippen MR) is 78.2 cm³/mol. The largest absolute Gasteiger partial charge is 0.367 e. The molecule has 20 heavy (non-hydrogen) atoms. The van der Waals surface area contributed by atoms with E-state index in [1.807, 2.05) is 4.90 Å². The van der Waals surface area contributed by atoms with Crippen molar-refractivity contribution in [2.45, 2.75) is 6.92 Å². The monoisotopic (exact) mass is 283 g/mol. The molecule has 1 fully saturated rings. The molecule has 1 aliphatic rings. The van der Waals surface area contributed by atoms with Crippen LogP contribution in [0.3, 0.4) is 0 Å². The standard InChI is InChI=1S/C15H23F2N3/c1-3-18(2)6-7-19-8-10-20(11-9-19)15-5-4-13(16)12-14(15)17/h4-5,12H,3,6-11H2,1-2H3. The Morgan fingerprint density at radius 2 is 1.85 bits per heavy atom. The molecule has 1 heterocycles. The van der Waals surface area contributed by atoms with Crippen LogP contribution in [-0.2, 0) is 0 Å². The van der Waals surface area contributed by atoms with Crippen molar-refractivity contribution in [1.29, 1.82) is 0 Å². The molecular weight excluding hydrogens is 260 g/mol. The molecule has 1 aromatic rings. The van der Waals surface area contributed by atoms with Gasteiger partial charge >= 0.3 is 0 Å². The van der Waals surface area contributed by atoms with E-state index >= 15 is 0 Å². The maximum absolute atomic E-state index is 13.7. The molecule has 0 spiro atoms. The van der Waals surface area contributed by atoms with E-state index in [0.717, 1.165) is 51.9 Å². The van der Waals surface area contributed by atoms with Crippen LogP contribution < -0.4 is 4.90 Å². The lowest BCUT2D eigenvalue weighted by Gasteiger charge is -2.36. The maximum Gasteiger partial charge on any atom is 0.149 e. The molecule has 2 rings (SSSR count). The van der Waals surface area contributed by atoms with Gasteiger partial charge in [-0.15, -0.1) is 0 Å². The van der Waals surface area contributed by atoms with Crippen LogP contribution in [0.5, 0.6) is 0 Å². The second-order valence-electron chi connectivity index (χ2n) is 5.32. The average molecular weight is 283 g/mol. The Labute approximate surface area is 119 Å². The fourth-order valence-corrected chi connectivity index (χ4v) is 2.42. The summed E-state index contributed by atoms with van der Waals surface area (Å²) in [6.45, 7) is 8.74. The van der Waals surface area contributed by atoms with Gasteiger partial charge in [-0.2, -0.15) is 0 Å². The van der Waals surface area contributed by atoms with Crippen molar-refractivity contribution in [3.05, 3.63) is 29.8 Å². The topological polar surface area (TPSA) is 9.72 Å². The highest BCUT2D eigenvalue weighted by Crippen LogP contribution is 2.21. The number of halogens is 2. The molecule has 3 nitrogen and oxygen atoms in total. The van der Waals surface area contributed by atoms with Crippen molar-refractivity contribution in [2.24, 2.45) is 0 Å². The van der Waals surface area contributed by atoms with E-state index in [2.05, 4.69) is 23.8 Å². The molecular formula is C15H23F2N3. The van der Waals surface area contributed by atoms with E-state index in [1.165, 1.54) is 12.1 Å². The Balaban J connectivity index is 1.84. The molecule has 0 atom stereocenters. The average Bonchev–Trinajstić information content (AvgIpc) is 2.45. The molecule has 1 aromatic carbocycles. The minimum atomic E-state index is -0.521. The maximum atomic E-state index is 13.7. The van der Waals surface area contributed by atoms with Crippen LogP contribution in [0, 0.1) is 11.6 Å². The summed E-state index contributed by atoms with van der Waals surface area (Å²) in [5.41, 5.74) is 0.511. The van der Waals surface area contributed by atoms with Crippen LogP contribution in [0.1, 0.15) is 6.92 Å². The lowest BCUT2D eigenvalue weighted by atomic mass is 10.2. The van der Waals surface area contributed by atoms with Crippen LogP contribution in [0.4, 0.5) is 14.5 Å². The number of rotatable bonds is 5. The van der Waals surface area contributed by atoms with Crippen molar-refractivity contribution < 1.29 is 8.78 Å². The summed E-state index contributed by atoms with van der Waals surface area (Å²) in [5, 5.41) is 0. The normalized spacial score (nSPS) is 16.9. The van der Waals surface area contributed by atoms with Gasteiger partial charge in [0.05, 0.1) is 5.69 Å². The fraction of sp³-hybridized carbons (Fsp3) is 0.600. The van der Waals surface area contributed by atoms with Crippen LogP contribution in [-0.4, -0.2) is 62.7 Å². The number of likely N-dealkylation sites (N-methyl/N-ethyl adjacent to an activating group) is 1. The summed E-state index contributed by atoms with van der Waals surface area (Å²) in [7, 11) is 2.12. The summed E-state index contributed by atoms with van der Waals surface area (Å²) < 4.78 is 26.6. The van der Waals surface area contributed by atoms with E-state index in [0.29, 0.717) is 5.69 Å². The molecule has 0 saturated carbocycles. The highest BCUT2D eigenvalue weighted by atomic mass is 19.1. The first-order chi connectivity index (χ1) is 9.60. The quantitative estimate of drug-likeness (QED) is 0.819. The predicted octanol–water partition coefficient (Wildman–Crippen LogP) is 2.04. The van der Waals surface area contributed by atoms with Crippen molar-refractivity contribution in [1.82, 2.24) is 9.80 Å². The smallest absolute Gasteiger partial charge is 0.149 e. The van der Waals surface area contributed by atoms with Gasteiger partial charge in [0.2, 0.25) is 0 Å². The first-order valence-corrected chi connectivity index (χ1v) is 7.21. The molecule has 0 bridgehead atoms. The Morgan fingerprint density at radius 1 is 1.15 bits per heavy atom. The molecule has 112 valence electrons. The van der Waals surface area contributed by atoms with Crippen molar-refractivity contribution in [3.8, 4) is 0 Å².